The largest absolute Gasteiger partial charge is 0.311 e. The molecule has 1 atom stereocenters. The first-order chi connectivity index (χ1) is 9.78. The zero-order valence-electron chi connectivity index (χ0n) is 14.8. The monoisotopic (exact) mass is 283 g/mol. The maximum Gasteiger partial charge on any atom is 0.00696 e. The lowest BCUT2D eigenvalue weighted by molar-refractivity contribution is 0.339. The van der Waals surface area contributed by atoms with E-state index in [4.69, 9.17) is 0 Å². The standard InChI is InChI=1S/C19H41N/c1-5-9-12-16-19(17-13-10-6-2)20-18(14-8-4)15-11-7-3/h18-20H,5-17H2,1-4H3. The zero-order chi connectivity index (χ0) is 15.1. The molecule has 0 aromatic carbocycles. The highest BCUT2D eigenvalue weighted by Crippen LogP contribution is 2.15. The zero-order valence-corrected chi connectivity index (χ0v) is 14.8. The third-order valence-electron chi connectivity index (χ3n) is 4.33. The van der Waals surface area contributed by atoms with Gasteiger partial charge in [0.2, 0.25) is 0 Å². The summed E-state index contributed by atoms with van der Waals surface area (Å²) in [4.78, 5) is 0. The van der Waals surface area contributed by atoms with E-state index in [9.17, 15) is 0 Å². The summed E-state index contributed by atoms with van der Waals surface area (Å²) in [6, 6.07) is 1.55. The van der Waals surface area contributed by atoms with Gasteiger partial charge in [0, 0.05) is 12.1 Å². The van der Waals surface area contributed by atoms with Crippen LogP contribution in [0.3, 0.4) is 0 Å². The number of nitrogens with one attached hydrogen (secondary N) is 1. The van der Waals surface area contributed by atoms with Crippen molar-refractivity contribution in [1.82, 2.24) is 5.32 Å². The normalized spacial score (nSPS) is 13.1. The van der Waals surface area contributed by atoms with E-state index in [1.165, 1.54) is 83.5 Å². The topological polar surface area (TPSA) is 12.0 Å². The van der Waals surface area contributed by atoms with E-state index in [0.29, 0.717) is 0 Å². The summed E-state index contributed by atoms with van der Waals surface area (Å²) in [6.45, 7) is 9.24. The highest BCUT2D eigenvalue weighted by atomic mass is 14.9. The van der Waals surface area contributed by atoms with Crippen LogP contribution in [0.25, 0.3) is 0 Å². The van der Waals surface area contributed by atoms with Crippen molar-refractivity contribution in [2.75, 3.05) is 0 Å². The molecule has 0 heterocycles. The fraction of sp³-hybridized carbons (Fsp3) is 1.00. The predicted octanol–water partition coefficient (Wildman–Crippen LogP) is 6.46. The first-order valence-electron chi connectivity index (χ1n) is 9.54. The van der Waals surface area contributed by atoms with Crippen LogP contribution in [-0.4, -0.2) is 12.1 Å². The van der Waals surface area contributed by atoms with Gasteiger partial charge in [0.25, 0.3) is 0 Å². The van der Waals surface area contributed by atoms with Crippen molar-refractivity contribution < 1.29 is 0 Å². The second-order valence-corrected chi connectivity index (χ2v) is 6.48. The highest BCUT2D eigenvalue weighted by Gasteiger charge is 2.14. The molecule has 0 aliphatic rings. The van der Waals surface area contributed by atoms with Crippen molar-refractivity contribution in [3.63, 3.8) is 0 Å². The van der Waals surface area contributed by atoms with Crippen molar-refractivity contribution in [2.24, 2.45) is 0 Å². The van der Waals surface area contributed by atoms with Gasteiger partial charge in [-0.25, -0.2) is 0 Å². The van der Waals surface area contributed by atoms with E-state index in [2.05, 4.69) is 33.0 Å². The Morgan fingerprint density at radius 2 is 0.950 bits per heavy atom. The Balaban J connectivity index is 4.15. The highest BCUT2D eigenvalue weighted by molar-refractivity contribution is 4.74. The van der Waals surface area contributed by atoms with Crippen molar-refractivity contribution in [1.29, 1.82) is 0 Å². The molecule has 0 spiro atoms. The summed E-state index contributed by atoms with van der Waals surface area (Å²) in [6.07, 6.45) is 17.9. The Bertz CT molecular complexity index is 169. The Morgan fingerprint density at radius 1 is 0.500 bits per heavy atom. The van der Waals surface area contributed by atoms with Crippen molar-refractivity contribution >= 4 is 0 Å². The van der Waals surface area contributed by atoms with E-state index in [0.717, 1.165) is 12.1 Å². The molecule has 1 nitrogen and oxygen atoms in total. The van der Waals surface area contributed by atoms with Gasteiger partial charge >= 0.3 is 0 Å². The summed E-state index contributed by atoms with van der Waals surface area (Å²) in [5.74, 6) is 0. The van der Waals surface area contributed by atoms with Crippen LogP contribution in [0.15, 0.2) is 0 Å². The van der Waals surface area contributed by atoms with Gasteiger partial charge in [-0.1, -0.05) is 85.5 Å². The maximum absolute atomic E-state index is 4.01. The molecule has 1 unspecified atom stereocenters. The molecule has 0 amide bonds. The molecule has 122 valence electrons. The molecular weight excluding hydrogens is 242 g/mol. The molecule has 0 rings (SSSR count). The first kappa shape index (κ1) is 20.0. The van der Waals surface area contributed by atoms with E-state index in [1.807, 2.05) is 0 Å². The molecule has 20 heavy (non-hydrogen) atoms. The van der Waals surface area contributed by atoms with Gasteiger partial charge in [-0.15, -0.1) is 0 Å². The van der Waals surface area contributed by atoms with Crippen LogP contribution in [0.1, 0.15) is 111 Å². The van der Waals surface area contributed by atoms with Gasteiger partial charge in [0.1, 0.15) is 0 Å². The predicted molar refractivity (Wildman–Crippen MR) is 93.4 cm³/mol. The lowest BCUT2D eigenvalue weighted by Gasteiger charge is -2.26. The Kier molecular flexibility index (Phi) is 15.3. The molecule has 0 aliphatic heterocycles. The molecular formula is C19H41N. The smallest absolute Gasteiger partial charge is 0.00696 e. The lowest BCUT2D eigenvalue weighted by atomic mass is 9.98. The molecule has 1 heteroatoms. The van der Waals surface area contributed by atoms with Gasteiger partial charge in [-0.2, -0.15) is 0 Å². The minimum absolute atomic E-state index is 0.771. The number of rotatable bonds is 15. The third-order valence-corrected chi connectivity index (χ3v) is 4.33. The average molecular weight is 284 g/mol. The molecule has 1 N–H and O–H groups in total. The second kappa shape index (κ2) is 15.4. The van der Waals surface area contributed by atoms with E-state index in [-0.39, 0.29) is 0 Å². The average Bonchev–Trinajstić information content (AvgIpc) is 2.45. The molecule has 0 fully saturated rings. The summed E-state index contributed by atoms with van der Waals surface area (Å²) in [7, 11) is 0. The number of unbranched alkanes of at least 4 members (excludes halogenated alkanes) is 5. The van der Waals surface area contributed by atoms with Gasteiger partial charge < -0.3 is 5.32 Å². The molecule has 0 aliphatic carbocycles. The quantitative estimate of drug-likeness (QED) is 0.340. The maximum atomic E-state index is 4.01. The van der Waals surface area contributed by atoms with Crippen LogP contribution in [0.2, 0.25) is 0 Å². The summed E-state index contributed by atoms with van der Waals surface area (Å²) >= 11 is 0. The van der Waals surface area contributed by atoms with Gasteiger partial charge in [0.05, 0.1) is 0 Å². The van der Waals surface area contributed by atoms with Gasteiger partial charge in [-0.05, 0) is 25.7 Å². The minimum Gasteiger partial charge on any atom is -0.311 e. The summed E-state index contributed by atoms with van der Waals surface area (Å²) in [5, 5.41) is 4.01. The molecule has 0 aromatic heterocycles. The molecule has 0 saturated heterocycles. The van der Waals surface area contributed by atoms with Crippen LogP contribution in [0.4, 0.5) is 0 Å². The van der Waals surface area contributed by atoms with Gasteiger partial charge in [-0.3, -0.25) is 0 Å². The molecule has 0 aromatic rings. The van der Waals surface area contributed by atoms with E-state index in [1.54, 1.807) is 0 Å². The van der Waals surface area contributed by atoms with Crippen LogP contribution >= 0.6 is 0 Å². The van der Waals surface area contributed by atoms with Crippen LogP contribution in [-0.2, 0) is 0 Å². The molecule has 0 saturated carbocycles. The van der Waals surface area contributed by atoms with E-state index >= 15 is 0 Å². The van der Waals surface area contributed by atoms with Crippen LogP contribution in [0, 0.1) is 0 Å². The van der Waals surface area contributed by atoms with E-state index < -0.39 is 0 Å². The fourth-order valence-corrected chi connectivity index (χ4v) is 3.04. The fourth-order valence-electron chi connectivity index (χ4n) is 3.04. The van der Waals surface area contributed by atoms with Crippen molar-refractivity contribution in [3.05, 3.63) is 0 Å². The lowest BCUT2D eigenvalue weighted by Crippen LogP contribution is -2.38. The first-order valence-corrected chi connectivity index (χ1v) is 9.54. The summed E-state index contributed by atoms with van der Waals surface area (Å²) in [5.41, 5.74) is 0. The number of hydrogen-bond acceptors (Lipinski definition) is 1. The van der Waals surface area contributed by atoms with Gasteiger partial charge in [0.15, 0.2) is 0 Å². The van der Waals surface area contributed by atoms with Crippen LogP contribution < -0.4 is 5.32 Å². The Labute approximate surface area is 129 Å². The number of hydrogen-bond donors (Lipinski definition) is 1. The Hall–Kier alpha value is -0.0400. The van der Waals surface area contributed by atoms with Crippen LogP contribution in [0.5, 0.6) is 0 Å². The Morgan fingerprint density at radius 3 is 1.40 bits per heavy atom. The molecule has 0 radical (unpaired) electrons. The third kappa shape index (κ3) is 11.8. The SMILES string of the molecule is CCCCCC(CCCCC)NC(CCC)CCCC. The second-order valence-electron chi connectivity index (χ2n) is 6.48. The van der Waals surface area contributed by atoms with Crippen molar-refractivity contribution in [2.45, 2.75) is 123 Å². The molecule has 0 bridgehead atoms. The van der Waals surface area contributed by atoms with Crippen molar-refractivity contribution in [3.8, 4) is 0 Å². The minimum atomic E-state index is 0.771. The summed E-state index contributed by atoms with van der Waals surface area (Å²) < 4.78 is 0.